The summed E-state index contributed by atoms with van der Waals surface area (Å²) in [7, 11) is -2.23. The molecule has 1 aliphatic heterocycles. The SMILES string of the molecule is C[C@@H](O[Si](C)(C)C(C)(C)C)[C@H]1C(=O)N[C@]1(C)CC(=O)C(=[N+]=[N-])C(=O)OC(=O)c1ccc([N+](=O)[O-])cc1. The molecular weight excluding hydrogens is 488 g/mol. The highest BCUT2D eigenvalue weighted by Gasteiger charge is 2.56. The zero-order chi connectivity index (χ0) is 27.6. The molecule has 13 heteroatoms. The molecule has 1 aliphatic rings. The van der Waals surface area contributed by atoms with Crippen LogP contribution in [0.2, 0.25) is 18.1 Å². The fourth-order valence-electron chi connectivity index (χ4n) is 3.78. The Labute approximate surface area is 209 Å². The van der Waals surface area contributed by atoms with Crippen LogP contribution in [0.4, 0.5) is 5.69 Å². The van der Waals surface area contributed by atoms with Gasteiger partial charge in [0.2, 0.25) is 5.91 Å². The molecule has 1 aromatic carbocycles. The van der Waals surface area contributed by atoms with Crippen LogP contribution in [-0.2, 0) is 23.5 Å². The first-order valence-corrected chi connectivity index (χ1v) is 14.1. The van der Waals surface area contributed by atoms with Crippen LogP contribution in [0.5, 0.6) is 0 Å². The molecule has 2 rings (SSSR count). The number of carbonyl (C=O) groups excluding carboxylic acids is 4. The zero-order valence-electron chi connectivity index (χ0n) is 21.3. The first-order chi connectivity index (χ1) is 16.4. The highest BCUT2D eigenvalue weighted by molar-refractivity contribution is 6.74. The van der Waals surface area contributed by atoms with Crippen molar-refractivity contribution in [3.05, 3.63) is 45.5 Å². The van der Waals surface area contributed by atoms with E-state index in [1.165, 1.54) is 0 Å². The average molecular weight is 519 g/mol. The van der Waals surface area contributed by atoms with Gasteiger partial charge in [0, 0.05) is 18.6 Å². The zero-order valence-corrected chi connectivity index (χ0v) is 22.3. The molecule has 36 heavy (non-hydrogen) atoms. The van der Waals surface area contributed by atoms with Crippen molar-refractivity contribution in [2.24, 2.45) is 5.92 Å². The van der Waals surface area contributed by atoms with Crippen LogP contribution in [-0.4, -0.2) is 59.0 Å². The molecular formula is C23H30N4O8Si. The minimum Gasteiger partial charge on any atom is -0.413 e. The van der Waals surface area contributed by atoms with Gasteiger partial charge in [0.1, 0.15) is 0 Å². The fourth-order valence-corrected chi connectivity index (χ4v) is 5.20. The number of Topliss-reactive ketones (excluding diaryl/α,β-unsaturated/α-hetero) is 1. The number of nitrogens with one attached hydrogen (secondary N) is 1. The van der Waals surface area contributed by atoms with E-state index in [-0.39, 0.29) is 22.2 Å². The van der Waals surface area contributed by atoms with Crippen molar-refractivity contribution in [3.63, 3.8) is 0 Å². The molecule has 1 N–H and O–H groups in total. The summed E-state index contributed by atoms with van der Waals surface area (Å²) in [6.45, 7) is 13.6. The second-order valence-electron chi connectivity index (χ2n) is 10.5. The molecule has 0 aromatic heterocycles. The Balaban J connectivity index is 2.11. The Hall–Kier alpha value is -3.54. The van der Waals surface area contributed by atoms with Crippen molar-refractivity contribution in [1.29, 1.82) is 0 Å². The number of hydrogen-bond donors (Lipinski definition) is 1. The summed E-state index contributed by atoms with van der Waals surface area (Å²) in [4.78, 5) is 62.6. The van der Waals surface area contributed by atoms with Gasteiger partial charge in [-0.25, -0.2) is 9.59 Å². The summed E-state index contributed by atoms with van der Waals surface area (Å²) in [6, 6.07) is 4.23. The number of nitro benzene ring substituents is 1. The highest BCUT2D eigenvalue weighted by atomic mass is 28.4. The Morgan fingerprint density at radius 3 is 2.25 bits per heavy atom. The minimum atomic E-state index is -2.23. The molecule has 0 saturated carbocycles. The molecule has 3 atom stereocenters. The van der Waals surface area contributed by atoms with E-state index in [1.54, 1.807) is 13.8 Å². The van der Waals surface area contributed by atoms with Gasteiger partial charge in [-0.05, 0) is 44.1 Å². The van der Waals surface area contributed by atoms with E-state index in [1.807, 2.05) is 13.1 Å². The largest absolute Gasteiger partial charge is 0.442 e. The van der Waals surface area contributed by atoms with Gasteiger partial charge in [0.05, 0.1) is 28.0 Å². The molecule has 0 spiro atoms. The molecule has 1 aromatic rings. The third-order valence-corrected chi connectivity index (χ3v) is 11.3. The van der Waals surface area contributed by atoms with Crippen LogP contribution >= 0.6 is 0 Å². The maximum Gasteiger partial charge on any atom is 0.442 e. The monoisotopic (exact) mass is 518 g/mol. The summed E-state index contributed by atoms with van der Waals surface area (Å²) in [6.07, 6.45) is -0.933. The van der Waals surface area contributed by atoms with Crippen molar-refractivity contribution >= 4 is 43.3 Å². The Morgan fingerprint density at radius 1 is 1.25 bits per heavy atom. The molecule has 0 radical (unpaired) electrons. The lowest BCUT2D eigenvalue weighted by atomic mass is 9.71. The Morgan fingerprint density at radius 2 is 1.81 bits per heavy atom. The molecule has 0 unspecified atom stereocenters. The van der Waals surface area contributed by atoms with E-state index in [0.29, 0.717) is 0 Å². The first-order valence-electron chi connectivity index (χ1n) is 11.2. The van der Waals surface area contributed by atoms with Gasteiger partial charge >= 0.3 is 17.7 Å². The van der Waals surface area contributed by atoms with Gasteiger partial charge in [-0.3, -0.25) is 19.7 Å². The van der Waals surface area contributed by atoms with Gasteiger partial charge in [-0.1, -0.05) is 20.8 Å². The van der Waals surface area contributed by atoms with E-state index in [2.05, 4.69) is 35.6 Å². The van der Waals surface area contributed by atoms with E-state index in [0.717, 1.165) is 24.3 Å². The molecule has 1 fully saturated rings. The van der Waals surface area contributed by atoms with Gasteiger partial charge in [-0.15, -0.1) is 0 Å². The predicted molar refractivity (Wildman–Crippen MR) is 130 cm³/mol. The Kier molecular flexibility index (Phi) is 8.14. The highest BCUT2D eigenvalue weighted by Crippen LogP contribution is 2.41. The second kappa shape index (κ2) is 10.2. The van der Waals surface area contributed by atoms with Gasteiger partial charge in [0.25, 0.3) is 11.5 Å². The van der Waals surface area contributed by atoms with Crippen LogP contribution in [0, 0.1) is 16.0 Å². The summed E-state index contributed by atoms with van der Waals surface area (Å²) < 4.78 is 10.9. The normalized spacial score (nSPS) is 20.3. The maximum absolute atomic E-state index is 12.8. The number of ketones is 1. The molecule has 1 amide bonds. The van der Waals surface area contributed by atoms with Crippen molar-refractivity contribution in [2.45, 2.75) is 70.8 Å². The number of rotatable bonds is 9. The van der Waals surface area contributed by atoms with E-state index in [4.69, 9.17) is 4.43 Å². The van der Waals surface area contributed by atoms with Crippen LogP contribution in [0.15, 0.2) is 24.3 Å². The molecule has 12 nitrogen and oxygen atoms in total. The van der Waals surface area contributed by atoms with Gasteiger partial charge in [0.15, 0.2) is 8.32 Å². The maximum atomic E-state index is 12.8. The molecule has 194 valence electrons. The smallest absolute Gasteiger partial charge is 0.413 e. The standard InChI is InChI=1S/C23H30N4O8Si/c1-13(35-36(6,7)22(2,3)4)17-19(29)25-23(17,5)12-16(28)18(26-24)21(31)34-20(30)14-8-10-15(11-9-14)27(32)33/h8-11,13,17H,12H2,1-7H3,(H,25,29)/t13-,17+,23-/m1/s1. The molecule has 0 aliphatic carbocycles. The summed E-state index contributed by atoms with van der Waals surface area (Å²) in [5.74, 6) is -4.65. The predicted octanol–water partition coefficient (Wildman–Crippen LogP) is 2.82. The van der Waals surface area contributed by atoms with E-state index >= 15 is 0 Å². The van der Waals surface area contributed by atoms with E-state index in [9.17, 15) is 34.8 Å². The minimum absolute atomic E-state index is 0.107. The summed E-state index contributed by atoms with van der Waals surface area (Å²) in [5.41, 5.74) is 6.70. The summed E-state index contributed by atoms with van der Waals surface area (Å²) in [5, 5.41) is 13.3. The molecule has 1 saturated heterocycles. The first kappa shape index (κ1) is 28.7. The number of nitro groups is 1. The molecule has 0 bridgehead atoms. The topological polar surface area (TPSA) is 178 Å². The summed E-state index contributed by atoms with van der Waals surface area (Å²) >= 11 is 0. The Bertz CT molecular complexity index is 1150. The lowest BCUT2D eigenvalue weighted by Gasteiger charge is -2.51. The lowest BCUT2D eigenvalue weighted by Crippen LogP contribution is -2.72. The van der Waals surface area contributed by atoms with Crippen molar-refractivity contribution in [1.82, 2.24) is 5.32 Å². The van der Waals surface area contributed by atoms with Crippen molar-refractivity contribution in [3.8, 4) is 0 Å². The lowest BCUT2D eigenvalue weighted by molar-refractivity contribution is -0.384. The van der Waals surface area contributed by atoms with Crippen molar-refractivity contribution in [2.75, 3.05) is 0 Å². The number of ether oxygens (including phenoxy) is 1. The third kappa shape index (κ3) is 5.98. The number of amides is 1. The number of carbonyl (C=O) groups is 4. The number of β-lactam (4-membered cyclic amide) rings is 1. The number of nitrogens with zero attached hydrogens (tertiary/aromatic N) is 3. The number of hydrogen-bond acceptors (Lipinski definition) is 8. The van der Waals surface area contributed by atoms with Crippen molar-refractivity contribution < 1.29 is 38.1 Å². The van der Waals surface area contributed by atoms with Crippen LogP contribution in [0.1, 0.15) is 51.4 Å². The second-order valence-corrected chi connectivity index (χ2v) is 15.3. The van der Waals surface area contributed by atoms with E-state index < -0.39 is 60.7 Å². The van der Waals surface area contributed by atoms with Gasteiger partial charge < -0.3 is 20.0 Å². The van der Waals surface area contributed by atoms with Gasteiger partial charge in [-0.2, -0.15) is 4.79 Å². The number of esters is 2. The van der Waals surface area contributed by atoms with Crippen LogP contribution in [0.25, 0.3) is 5.53 Å². The van der Waals surface area contributed by atoms with Crippen LogP contribution in [0.3, 0.4) is 0 Å². The molecule has 1 heterocycles. The number of benzene rings is 1. The average Bonchev–Trinajstić information content (AvgIpc) is 2.72. The fraction of sp³-hybridized carbons (Fsp3) is 0.522. The quantitative estimate of drug-likeness (QED) is 0.0596. The third-order valence-electron chi connectivity index (χ3n) is 6.72. The van der Waals surface area contributed by atoms with Crippen LogP contribution < -0.4 is 5.32 Å². The number of non-ortho nitro benzene ring substituents is 1.